The number of benzene rings is 1. The molecule has 5 rings (SSSR count). The van der Waals surface area contributed by atoms with Crippen molar-refractivity contribution in [3.63, 3.8) is 0 Å². The van der Waals surface area contributed by atoms with Gasteiger partial charge in [0.1, 0.15) is 5.69 Å². The zero-order valence-electron chi connectivity index (χ0n) is 19.1. The molecule has 0 bridgehead atoms. The summed E-state index contributed by atoms with van der Waals surface area (Å²) in [5, 5.41) is 3.37. The predicted octanol–water partition coefficient (Wildman–Crippen LogP) is 1.79. The minimum atomic E-state index is -0.174. The first-order chi connectivity index (χ1) is 16.7. The van der Waals surface area contributed by atoms with Gasteiger partial charge in [-0.05, 0) is 18.2 Å². The van der Waals surface area contributed by atoms with E-state index in [1.165, 1.54) is 5.69 Å². The molecule has 0 unspecified atom stereocenters. The van der Waals surface area contributed by atoms with Crippen LogP contribution in [0.25, 0.3) is 11.3 Å². The number of nitrogen functional groups attached to an aromatic ring is 1. The molecule has 2 aliphatic heterocycles. The van der Waals surface area contributed by atoms with Crippen molar-refractivity contribution in [2.24, 2.45) is 0 Å². The molecule has 9 nitrogen and oxygen atoms in total. The number of aromatic nitrogens is 3. The SMILES string of the molecule is Nc1ncc(-c2ccc(N3CCNCC3)cc2)nc1C(=O)Cc1cnccc1N1CCOCC1. The number of carbonyl (C=O) groups is 1. The van der Waals surface area contributed by atoms with Crippen molar-refractivity contribution < 1.29 is 9.53 Å². The first kappa shape index (κ1) is 22.2. The number of rotatable bonds is 6. The lowest BCUT2D eigenvalue weighted by Crippen LogP contribution is -2.43. The first-order valence-corrected chi connectivity index (χ1v) is 11.7. The zero-order chi connectivity index (χ0) is 23.3. The van der Waals surface area contributed by atoms with Gasteiger partial charge in [-0.1, -0.05) is 12.1 Å². The maximum atomic E-state index is 13.2. The molecule has 176 valence electrons. The van der Waals surface area contributed by atoms with Crippen LogP contribution >= 0.6 is 0 Å². The van der Waals surface area contributed by atoms with Crippen LogP contribution in [0, 0.1) is 0 Å². The number of anilines is 3. The normalized spacial score (nSPS) is 16.5. The van der Waals surface area contributed by atoms with E-state index in [0.717, 1.165) is 56.1 Å². The van der Waals surface area contributed by atoms with E-state index in [9.17, 15) is 4.79 Å². The summed E-state index contributed by atoms with van der Waals surface area (Å²) in [6.07, 6.45) is 5.27. The summed E-state index contributed by atoms with van der Waals surface area (Å²) < 4.78 is 5.46. The third-order valence-corrected chi connectivity index (χ3v) is 6.29. The Balaban J connectivity index is 1.35. The number of piperazine rings is 1. The summed E-state index contributed by atoms with van der Waals surface area (Å²) in [4.78, 5) is 30.9. The third-order valence-electron chi connectivity index (χ3n) is 6.29. The van der Waals surface area contributed by atoms with Gasteiger partial charge in [0.2, 0.25) is 0 Å². The number of carbonyl (C=O) groups excluding carboxylic acids is 1. The van der Waals surface area contributed by atoms with Crippen LogP contribution in [0.3, 0.4) is 0 Å². The minimum absolute atomic E-state index is 0.142. The number of hydrogen-bond donors (Lipinski definition) is 2. The van der Waals surface area contributed by atoms with Crippen LogP contribution in [-0.2, 0) is 11.2 Å². The number of morpholine rings is 1. The van der Waals surface area contributed by atoms with E-state index in [1.807, 2.05) is 18.2 Å². The Kier molecular flexibility index (Phi) is 6.64. The number of pyridine rings is 1. The molecule has 34 heavy (non-hydrogen) atoms. The Bertz CT molecular complexity index is 1140. The number of nitrogens with one attached hydrogen (secondary N) is 1. The lowest BCUT2D eigenvalue weighted by Gasteiger charge is -2.30. The van der Waals surface area contributed by atoms with E-state index in [-0.39, 0.29) is 23.7 Å². The van der Waals surface area contributed by atoms with Gasteiger partial charge in [-0.2, -0.15) is 0 Å². The van der Waals surface area contributed by atoms with Gasteiger partial charge >= 0.3 is 0 Å². The van der Waals surface area contributed by atoms with Crippen LogP contribution in [0.4, 0.5) is 17.2 Å². The maximum absolute atomic E-state index is 13.2. The Morgan fingerprint density at radius 3 is 2.53 bits per heavy atom. The lowest BCUT2D eigenvalue weighted by atomic mass is 10.1. The molecule has 0 atom stereocenters. The van der Waals surface area contributed by atoms with Gasteiger partial charge in [0.05, 0.1) is 25.1 Å². The van der Waals surface area contributed by atoms with Crippen molar-refractivity contribution in [2.45, 2.75) is 6.42 Å². The van der Waals surface area contributed by atoms with Gasteiger partial charge < -0.3 is 25.6 Å². The number of ketones is 1. The Morgan fingerprint density at radius 2 is 1.76 bits per heavy atom. The Hall–Kier alpha value is -3.56. The van der Waals surface area contributed by atoms with Gasteiger partial charge in [-0.3, -0.25) is 9.78 Å². The molecule has 0 spiro atoms. The molecular weight excluding hydrogens is 430 g/mol. The second kappa shape index (κ2) is 10.1. The van der Waals surface area contributed by atoms with Crippen LogP contribution in [0.5, 0.6) is 0 Å². The van der Waals surface area contributed by atoms with E-state index < -0.39 is 0 Å². The van der Waals surface area contributed by atoms with Crippen LogP contribution in [0.15, 0.2) is 48.9 Å². The number of nitrogens with zero attached hydrogens (tertiary/aromatic N) is 5. The molecule has 0 amide bonds. The van der Waals surface area contributed by atoms with Crippen molar-refractivity contribution in [2.75, 3.05) is 68.0 Å². The average molecular weight is 460 g/mol. The number of nitrogens with two attached hydrogens (primary N) is 1. The molecule has 2 aromatic heterocycles. The molecule has 0 radical (unpaired) electrons. The maximum Gasteiger partial charge on any atom is 0.189 e. The van der Waals surface area contributed by atoms with E-state index in [4.69, 9.17) is 10.5 Å². The fourth-order valence-electron chi connectivity index (χ4n) is 4.43. The molecule has 2 saturated heterocycles. The second-order valence-corrected chi connectivity index (χ2v) is 8.48. The van der Waals surface area contributed by atoms with Crippen LogP contribution in [0.2, 0.25) is 0 Å². The van der Waals surface area contributed by atoms with Gasteiger partial charge in [0.25, 0.3) is 0 Å². The van der Waals surface area contributed by atoms with Crippen LogP contribution in [-0.4, -0.2) is 73.2 Å². The fourth-order valence-corrected chi connectivity index (χ4v) is 4.43. The highest BCUT2D eigenvalue weighted by atomic mass is 16.5. The summed E-state index contributed by atoms with van der Waals surface area (Å²) >= 11 is 0. The highest BCUT2D eigenvalue weighted by Crippen LogP contribution is 2.25. The summed E-state index contributed by atoms with van der Waals surface area (Å²) in [6, 6.07) is 10.2. The smallest absolute Gasteiger partial charge is 0.189 e. The van der Waals surface area contributed by atoms with Crippen LogP contribution < -0.4 is 20.9 Å². The van der Waals surface area contributed by atoms with Crippen molar-refractivity contribution >= 4 is 23.0 Å². The predicted molar refractivity (Wildman–Crippen MR) is 132 cm³/mol. The van der Waals surface area contributed by atoms with Crippen LogP contribution in [0.1, 0.15) is 16.1 Å². The molecule has 2 fully saturated rings. The van der Waals surface area contributed by atoms with Gasteiger partial charge in [0.15, 0.2) is 11.6 Å². The van der Waals surface area contributed by atoms with E-state index in [1.54, 1.807) is 18.6 Å². The quantitative estimate of drug-likeness (QED) is 0.533. The standard InChI is InChI=1S/C25H29N7O2/c26-25-24(23(33)15-19-16-28-6-5-22(19)32-11-13-34-14-12-32)30-21(17-29-25)18-1-3-20(4-2-18)31-9-7-27-8-10-31/h1-6,16-17,27H,7-15H2,(H2,26,29). The molecule has 4 heterocycles. The van der Waals surface area contributed by atoms with Crippen molar-refractivity contribution in [3.05, 3.63) is 60.2 Å². The van der Waals surface area contributed by atoms with E-state index in [0.29, 0.717) is 18.9 Å². The Labute approximate surface area is 199 Å². The summed E-state index contributed by atoms with van der Waals surface area (Å²) in [7, 11) is 0. The molecule has 0 aliphatic carbocycles. The number of hydrogen-bond acceptors (Lipinski definition) is 9. The number of ether oxygens (including phenoxy) is 1. The molecule has 0 saturated carbocycles. The Morgan fingerprint density at radius 1 is 1.00 bits per heavy atom. The monoisotopic (exact) mass is 459 g/mol. The molecule has 3 N–H and O–H groups in total. The molecule has 9 heteroatoms. The zero-order valence-corrected chi connectivity index (χ0v) is 19.1. The minimum Gasteiger partial charge on any atom is -0.382 e. The third kappa shape index (κ3) is 4.85. The van der Waals surface area contributed by atoms with Gasteiger partial charge in [-0.15, -0.1) is 0 Å². The topological polar surface area (TPSA) is 109 Å². The largest absolute Gasteiger partial charge is 0.382 e. The molecule has 2 aliphatic rings. The number of Topliss-reactive ketones (excluding diaryl/α,β-unsaturated/α-hetero) is 1. The average Bonchev–Trinajstić information content (AvgIpc) is 2.90. The van der Waals surface area contributed by atoms with E-state index in [2.05, 4.69) is 42.2 Å². The van der Waals surface area contributed by atoms with Crippen molar-refractivity contribution in [1.29, 1.82) is 0 Å². The summed E-state index contributed by atoms with van der Waals surface area (Å²) in [5.41, 5.74) is 10.8. The van der Waals surface area contributed by atoms with Gasteiger partial charge in [0, 0.05) is 80.6 Å². The molecule has 1 aromatic carbocycles. The highest BCUT2D eigenvalue weighted by Gasteiger charge is 2.20. The first-order valence-electron chi connectivity index (χ1n) is 11.7. The highest BCUT2D eigenvalue weighted by molar-refractivity contribution is 6.00. The van der Waals surface area contributed by atoms with E-state index >= 15 is 0 Å². The molecule has 3 aromatic rings. The summed E-state index contributed by atoms with van der Waals surface area (Å²) in [5.74, 6) is -0.0326. The van der Waals surface area contributed by atoms with Gasteiger partial charge in [-0.25, -0.2) is 9.97 Å². The summed E-state index contributed by atoms with van der Waals surface area (Å²) in [6.45, 7) is 6.86. The van der Waals surface area contributed by atoms with Crippen molar-refractivity contribution in [3.8, 4) is 11.3 Å². The fraction of sp³-hybridized carbons (Fsp3) is 0.360. The van der Waals surface area contributed by atoms with Crippen molar-refractivity contribution in [1.82, 2.24) is 20.3 Å². The lowest BCUT2D eigenvalue weighted by molar-refractivity contribution is 0.0988. The second-order valence-electron chi connectivity index (χ2n) is 8.48. The molecular formula is C25H29N7O2.